The van der Waals surface area contributed by atoms with Gasteiger partial charge in [-0.05, 0) is 36.4 Å². The molecular weight excluding hydrogens is 256 g/mol. The molecule has 19 heavy (non-hydrogen) atoms. The Labute approximate surface area is 117 Å². The van der Waals surface area contributed by atoms with Crippen LogP contribution in [0.3, 0.4) is 0 Å². The molecule has 0 amide bonds. The lowest BCUT2D eigenvalue weighted by Crippen LogP contribution is -2.14. The van der Waals surface area contributed by atoms with E-state index in [1.54, 1.807) is 11.8 Å². The van der Waals surface area contributed by atoms with Gasteiger partial charge in [-0.2, -0.15) is 0 Å². The second-order valence-corrected chi connectivity index (χ2v) is 5.61. The van der Waals surface area contributed by atoms with Crippen LogP contribution in [0.1, 0.15) is 13.8 Å². The molecular formula is C16H16O2S. The second kappa shape index (κ2) is 6.43. The Hall–Kier alpha value is -1.74. The van der Waals surface area contributed by atoms with Crippen LogP contribution in [0.4, 0.5) is 0 Å². The Morgan fingerprint density at radius 1 is 0.947 bits per heavy atom. The molecule has 0 heterocycles. The van der Waals surface area contributed by atoms with Crippen LogP contribution in [0, 0.1) is 5.92 Å². The van der Waals surface area contributed by atoms with Crippen molar-refractivity contribution < 1.29 is 9.53 Å². The van der Waals surface area contributed by atoms with E-state index in [4.69, 9.17) is 4.74 Å². The third-order valence-electron chi connectivity index (χ3n) is 2.49. The van der Waals surface area contributed by atoms with Gasteiger partial charge in [0.1, 0.15) is 5.75 Å². The molecule has 98 valence electrons. The minimum absolute atomic E-state index is 0.113. The third kappa shape index (κ3) is 4.14. The van der Waals surface area contributed by atoms with Crippen molar-refractivity contribution in [3.8, 4) is 5.75 Å². The Bertz CT molecular complexity index is 532. The molecule has 0 aliphatic rings. The highest BCUT2D eigenvalue weighted by atomic mass is 32.2. The summed E-state index contributed by atoms with van der Waals surface area (Å²) in [7, 11) is 0. The van der Waals surface area contributed by atoms with E-state index in [0.29, 0.717) is 5.75 Å². The largest absolute Gasteiger partial charge is 0.426 e. The van der Waals surface area contributed by atoms with Crippen LogP contribution in [0.15, 0.2) is 64.4 Å². The first-order valence-electron chi connectivity index (χ1n) is 6.20. The highest BCUT2D eigenvalue weighted by molar-refractivity contribution is 7.99. The second-order valence-electron chi connectivity index (χ2n) is 4.46. The number of hydrogen-bond acceptors (Lipinski definition) is 3. The SMILES string of the molecule is CC(C)C(=O)Oc1ccc(Sc2ccccc2)cc1. The molecule has 0 aliphatic carbocycles. The average molecular weight is 272 g/mol. The summed E-state index contributed by atoms with van der Waals surface area (Å²) in [5.74, 6) is 0.276. The summed E-state index contributed by atoms with van der Waals surface area (Å²) in [6.45, 7) is 3.64. The van der Waals surface area contributed by atoms with Gasteiger partial charge >= 0.3 is 5.97 Å². The zero-order chi connectivity index (χ0) is 13.7. The van der Waals surface area contributed by atoms with Gasteiger partial charge in [-0.15, -0.1) is 0 Å². The predicted molar refractivity (Wildman–Crippen MR) is 77.5 cm³/mol. The molecule has 0 bridgehead atoms. The summed E-state index contributed by atoms with van der Waals surface area (Å²) in [6.07, 6.45) is 0. The van der Waals surface area contributed by atoms with Crippen molar-refractivity contribution >= 4 is 17.7 Å². The zero-order valence-electron chi connectivity index (χ0n) is 11.0. The third-order valence-corrected chi connectivity index (χ3v) is 3.51. The van der Waals surface area contributed by atoms with Gasteiger partial charge in [0, 0.05) is 9.79 Å². The number of esters is 1. The number of hydrogen-bond donors (Lipinski definition) is 0. The van der Waals surface area contributed by atoms with Crippen molar-refractivity contribution in [3.63, 3.8) is 0 Å². The molecule has 3 heteroatoms. The predicted octanol–water partition coefficient (Wildman–Crippen LogP) is 4.40. The van der Waals surface area contributed by atoms with Gasteiger partial charge in [0.15, 0.2) is 0 Å². The van der Waals surface area contributed by atoms with Gasteiger partial charge in [0.05, 0.1) is 5.92 Å². The van der Waals surface area contributed by atoms with Crippen molar-refractivity contribution in [1.29, 1.82) is 0 Å². The normalized spacial score (nSPS) is 10.5. The number of rotatable bonds is 4. The topological polar surface area (TPSA) is 26.3 Å². The van der Waals surface area contributed by atoms with Gasteiger partial charge in [-0.3, -0.25) is 4.79 Å². The van der Waals surface area contributed by atoms with Crippen LogP contribution < -0.4 is 4.74 Å². The van der Waals surface area contributed by atoms with Gasteiger partial charge < -0.3 is 4.74 Å². The minimum Gasteiger partial charge on any atom is -0.426 e. The van der Waals surface area contributed by atoms with E-state index < -0.39 is 0 Å². The fourth-order valence-electron chi connectivity index (χ4n) is 1.43. The molecule has 2 aromatic carbocycles. The molecule has 0 atom stereocenters. The first-order chi connectivity index (χ1) is 9.15. The molecule has 0 unspecified atom stereocenters. The highest BCUT2D eigenvalue weighted by Gasteiger charge is 2.09. The Kier molecular flexibility index (Phi) is 4.63. The summed E-state index contributed by atoms with van der Waals surface area (Å²) in [6, 6.07) is 17.7. The van der Waals surface area contributed by atoms with E-state index in [1.165, 1.54) is 4.90 Å². The molecule has 0 aromatic heterocycles. The summed E-state index contributed by atoms with van der Waals surface area (Å²) >= 11 is 1.68. The minimum atomic E-state index is -0.205. The van der Waals surface area contributed by atoms with Crippen LogP contribution in [0.5, 0.6) is 5.75 Å². The van der Waals surface area contributed by atoms with E-state index in [9.17, 15) is 4.79 Å². The smallest absolute Gasteiger partial charge is 0.313 e. The van der Waals surface area contributed by atoms with Crippen LogP contribution in [0.2, 0.25) is 0 Å². The average Bonchev–Trinajstić information content (AvgIpc) is 2.42. The quantitative estimate of drug-likeness (QED) is 0.609. The van der Waals surface area contributed by atoms with E-state index in [1.807, 2.05) is 56.3 Å². The lowest BCUT2D eigenvalue weighted by atomic mass is 10.2. The number of carbonyl (C=O) groups is 1. The van der Waals surface area contributed by atoms with E-state index in [2.05, 4.69) is 12.1 Å². The Morgan fingerprint density at radius 2 is 1.53 bits per heavy atom. The van der Waals surface area contributed by atoms with Crippen molar-refractivity contribution in [2.24, 2.45) is 5.92 Å². The fraction of sp³-hybridized carbons (Fsp3) is 0.188. The molecule has 0 spiro atoms. The first kappa shape index (κ1) is 13.7. The molecule has 2 nitrogen and oxygen atoms in total. The maximum Gasteiger partial charge on any atom is 0.313 e. The molecule has 0 fully saturated rings. The van der Waals surface area contributed by atoms with E-state index in [-0.39, 0.29) is 11.9 Å². The molecule has 2 rings (SSSR count). The van der Waals surface area contributed by atoms with Gasteiger partial charge in [-0.25, -0.2) is 0 Å². The van der Waals surface area contributed by atoms with Crippen LogP contribution in [-0.4, -0.2) is 5.97 Å². The van der Waals surface area contributed by atoms with Gasteiger partial charge in [0.25, 0.3) is 0 Å². The molecule has 0 saturated heterocycles. The monoisotopic (exact) mass is 272 g/mol. The van der Waals surface area contributed by atoms with Crippen molar-refractivity contribution in [3.05, 3.63) is 54.6 Å². The maximum absolute atomic E-state index is 11.5. The Balaban J connectivity index is 2.01. The first-order valence-corrected chi connectivity index (χ1v) is 7.01. The van der Waals surface area contributed by atoms with E-state index >= 15 is 0 Å². The molecule has 0 aliphatic heterocycles. The summed E-state index contributed by atoms with van der Waals surface area (Å²) in [5, 5.41) is 0. The summed E-state index contributed by atoms with van der Waals surface area (Å²) in [5.41, 5.74) is 0. The van der Waals surface area contributed by atoms with Crippen LogP contribution >= 0.6 is 11.8 Å². The van der Waals surface area contributed by atoms with Crippen molar-refractivity contribution in [1.82, 2.24) is 0 Å². The number of benzene rings is 2. The van der Waals surface area contributed by atoms with E-state index in [0.717, 1.165) is 4.90 Å². The Morgan fingerprint density at radius 3 is 2.11 bits per heavy atom. The van der Waals surface area contributed by atoms with Crippen LogP contribution in [0.25, 0.3) is 0 Å². The number of ether oxygens (including phenoxy) is 1. The molecule has 0 N–H and O–H groups in total. The summed E-state index contributed by atoms with van der Waals surface area (Å²) < 4.78 is 5.23. The van der Waals surface area contributed by atoms with Crippen LogP contribution in [-0.2, 0) is 4.79 Å². The standard InChI is InChI=1S/C16H16O2S/c1-12(2)16(17)18-13-8-10-15(11-9-13)19-14-6-4-3-5-7-14/h3-12H,1-2H3. The van der Waals surface area contributed by atoms with Crippen molar-refractivity contribution in [2.75, 3.05) is 0 Å². The highest BCUT2D eigenvalue weighted by Crippen LogP contribution is 2.28. The van der Waals surface area contributed by atoms with Gasteiger partial charge in [0.2, 0.25) is 0 Å². The number of carbonyl (C=O) groups excluding carboxylic acids is 1. The molecule has 0 saturated carbocycles. The maximum atomic E-state index is 11.5. The molecule has 2 aromatic rings. The van der Waals surface area contributed by atoms with Crippen molar-refractivity contribution in [2.45, 2.75) is 23.6 Å². The summed E-state index contributed by atoms with van der Waals surface area (Å²) in [4.78, 5) is 13.8. The fourth-order valence-corrected chi connectivity index (χ4v) is 2.27. The zero-order valence-corrected chi connectivity index (χ0v) is 11.8. The van der Waals surface area contributed by atoms with Gasteiger partial charge in [-0.1, -0.05) is 43.8 Å². The lowest BCUT2D eigenvalue weighted by Gasteiger charge is -2.07. The lowest BCUT2D eigenvalue weighted by molar-refractivity contribution is -0.137. The molecule has 0 radical (unpaired) electrons.